The molecule has 4 aromatic rings. The average molecular weight is 616 g/mol. The van der Waals surface area contributed by atoms with Crippen LogP contribution in [0.2, 0.25) is 5.02 Å². The van der Waals surface area contributed by atoms with E-state index in [-0.39, 0.29) is 12.6 Å². The predicted molar refractivity (Wildman–Crippen MR) is 160 cm³/mol. The van der Waals surface area contributed by atoms with Gasteiger partial charge in [0.15, 0.2) is 0 Å². The number of ether oxygens (including phenoxy) is 2. The summed E-state index contributed by atoms with van der Waals surface area (Å²) in [6.07, 6.45) is 3.08. The fraction of sp³-hybridized carbons (Fsp3) is 0.367. The number of pyridine rings is 1. The number of carbonyl (C=O) groups is 1. The molecule has 5 nitrogen and oxygen atoms in total. The van der Waals surface area contributed by atoms with Gasteiger partial charge in [-0.15, -0.1) is 11.3 Å². The van der Waals surface area contributed by atoms with E-state index < -0.39 is 17.1 Å². The molecule has 0 N–H and O–H groups in total. The first kappa shape index (κ1) is 28.7. The molecule has 1 atom stereocenters. The SMILES string of the molecule is Cc1cc2nc(-c3cncc(Br)c3)sc2c(-c2ccc(Cl)cc2)c1C(COC(=O)C(C)(C)C)OC(C)(C)C. The number of esters is 1. The van der Waals surface area contributed by atoms with Crippen LogP contribution in [0, 0.1) is 12.3 Å². The van der Waals surface area contributed by atoms with Crippen molar-refractivity contribution in [2.24, 2.45) is 5.41 Å². The molecule has 0 spiro atoms. The molecule has 0 aliphatic rings. The standard InChI is InChI=1S/C30H32BrClN2O3S/c1-17-12-22-26(38-27(34-22)19-13-20(31)15-33-14-19)25(18-8-10-21(32)11-9-18)24(17)23(37-30(5,6)7)16-36-28(35)29(2,3)4/h8-15,23H,16H2,1-7H3. The Labute approximate surface area is 241 Å². The van der Waals surface area contributed by atoms with Crippen LogP contribution in [-0.2, 0) is 14.3 Å². The van der Waals surface area contributed by atoms with Crippen LogP contribution in [0.4, 0.5) is 0 Å². The lowest BCUT2D eigenvalue weighted by Gasteiger charge is -2.31. The second kappa shape index (κ2) is 11.0. The molecule has 0 saturated carbocycles. The molecule has 2 aromatic carbocycles. The van der Waals surface area contributed by atoms with Crippen molar-refractivity contribution in [2.45, 2.75) is 60.2 Å². The van der Waals surface area contributed by atoms with Gasteiger partial charge < -0.3 is 9.47 Å². The lowest BCUT2D eigenvalue weighted by atomic mass is 9.91. The molecule has 8 heteroatoms. The monoisotopic (exact) mass is 614 g/mol. The number of thiazole rings is 1. The number of hydrogen-bond acceptors (Lipinski definition) is 6. The molecule has 0 radical (unpaired) electrons. The summed E-state index contributed by atoms with van der Waals surface area (Å²) in [6.45, 7) is 13.7. The Hall–Kier alpha value is -2.32. The molecule has 38 heavy (non-hydrogen) atoms. The summed E-state index contributed by atoms with van der Waals surface area (Å²) in [6, 6.07) is 11.9. The Balaban J connectivity index is 1.95. The summed E-state index contributed by atoms with van der Waals surface area (Å²) in [7, 11) is 0. The first-order valence-corrected chi connectivity index (χ1v) is 14.4. The van der Waals surface area contributed by atoms with Crippen LogP contribution in [-0.4, -0.2) is 28.1 Å². The van der Waals surface area contributed by atoms with Gasteiger partial charge in [-0.25, -0.2) is 4.98 Å². The van der Waals surface area contributed by atoms with Crippen molar-refractivity contribution < 1.29 is 14.3 Å². The third-order valence-electron chi connectivity index (χ3n) is 5.81. The first-order chi connectivity index (χ1) is 17.7. The summed E-state index contributed by atoms with van der Waals surface area (Å²) >= 11 is 11.4. The number of halogens is 2. The zero-order valence-electron chi connectivity index (χ0n) is 22.7. The van der Waals surface area contributed by atoms with Crippen molar-refractivity contribution in [3.63, 3.8) is 0 Å². The summed E-state index contributed by atoms with van der Waals surface area (Å²) in [4.78, 5) is 22.0. The highest BCUT2D eigenvalue weighted by molar-refractivity contribution is 9.10. The molecule has 200 valence electrons. The molecular formula is C30H32BrClN2O3S. The van der Waals surface area contributed by atoms with E-state index >= 15 is 0 Å². The maximum Gasteiger partial charge on any atom is 0.311 e. The van der Waals surface area contributed by atoms with Gasteiger partial charge in [0.25, 0.3) is 0 Å². The minimum atomic E-state index is -0.616. The van der Waals surface area contributed by atoms with Crippen LogP contribution >= 0.6 is 38.9 Å². The maximum atomic E-state index is 12.7. The van der Waals surface area contributed by atoms with Gasteiger partial charge in [0, 0.05) is 33.0 Å². The maximum absolute atomic E-state index is 12.7. The number of hydrogen-bond donors (Lipinski definition) is 0. The number of fused-ring (bicyclic) bond motifs is 1. The largest absolute Gasteiger partial charge is 0.462 e. The van der Waals surface area contributed by atoms with E-state index in [2.05, 4.69) is 33.9 Å². The highest BCUT2D eigenvalue weighted by Gasteiger charge is 2.31. The second-order valence-corrected chi connectivity index (χ2v) is 13.7. The molecule has 0 saturated heterocycles. The van der Waals surface area contributed by atoms with Gasteiger partial charge >= 0.3 is 5.97 Å². The van der Waals surface area contributed by atoms with Crippen LogP contribution in [0.3, 0.4) is 0 Å². The predicted octanol–water partition coefficient (Wildman–Crippen LogP) is 9.20. The van der Waals surface area contributed by atoms with Crippen LogP contribution < -0.4 is 0 Å². The molecule has 0 aliphatic heterocycles. The van der Waals surface area contributed by atoms with Gasteiger partial charge in [-0.1, -0.05) is 23.7 Å². The van der Waals surface area contributed by atoms with E-state index in [1.54, 1.807) is 17.5 Å². The lowest BCUT2D eigenvalue weighted by molar-refractivity contribution is -0.162. The molecular weight excluding hydrogens is 584 g/mol. The van der Waals surface area contributed by atoms with Gasteiger partial charge in [-0.05, 0) is 105 Å². The summed E-state index contributed by atoms with van der Waals surface area (Å²) in [5.74, 6) is -0.269. The van der Waals surface area contributed by atoms with Gasteiger partial charge in [0.1, 0.15) is 17.7 Å². The molecule has 0 fully saturated rings. The zero-order chi connectivity index (χ0) is 27.8. The number of nitrogens with zero attached hydrogens (tertiary/aromatic N) is 2. The van der Waals surface area contributed by atoms with Crippen LogP contribution in [0.25, 0.3) is 31.9 Å². The molecule has 4 rings (SSSR count). The Kier molecular flexibility index (Phi) is 8.34. The molecule has 2 aromatic heterocycles. The van der Waals surface area contributed by atoms with Crippen molar-refractivity contribution in [2.75, 3.05) is 6.61 Å². The molecule has 1 unspecified atom stereocenters. The second-order valence-electron chi connectivity index (χ2n) is 11.3. The summed E-state index contributed by atoms with van der Waals surface area (Å²) < 4.78 is 14.3. The van der Waals surface area contributed by atoms with Crippen LogP contribution in [0.15, 0.2) is 53.3 Å². The van der Waals surface area contributed by atoms with Crippen molar-refractivity contribution in [1.82, 2.24) is 9.97 Å². The lowest BCUT2D eigenvalue weighted by Crippen LogP contribution is -2.30. The average Bonchev–Trinajstić information content (AvgIpc) is 3.24. The summed E-state index contributed by atoms with van der Waals surface area (Å²) in [5.41, 5.74) is 4.70. The fourth-order valence-electron chi connectivity index (χ4n) is 4.15. The third-order valence-corrected chi connectivity index (χ3v) is 7.63. The Morgan fingerprint density at radius 2 is 1.74 bits per heavy atom. The van der Waals surface area contributed by atoms with Crippen molar-refractivity contribution >= 4 is 55.1 Å². The first-order valence-electron chi connectivity index (χ1n) is 12.4. The quantitative estimate of drug-likeness (QED) is 0.202. The van der Waals surface area contributed by atoms with E-state index in [4.69, 9.17) is 26.1 Å². The number of aryl methyl sites for hydroxylation is 1. The molecule has 0 bridgehead atoms. The Morgan fingerprint density at radius 3 is 2.34 bits per heavy atom. The third kappa shape index (κ3) is 6.63. The number of rotatable bonds is 6. The number of benzene rings is 2. The van der Waals surface area contributed by atoms with E-state index in [9.17, 15) is 4.79 Å². The minimum absolute atomic E-state index is 0.0987. The van der Waals surface area contributed by atoms with E-state index in [1.165, 1.54) is 0 Å². The van der Waals surface area contributed by atoms with Gasteiger partial charge in [0.2, 0.25) is 0 Å². The topological polar surface area (TPSA) is 61.3 Å². The zero-order valence-corrected chi connectivity index (χ0v) is 25.8. The highest BCUT2D eigenvalue weighted by atomic mass is 79.9. The smallest absolute Gasteiger partial charge is 0.311 e. The van der Waals surface area contributed by atoms with Crippen LogP contribution in [0.1, 0.15) is 58.8 Å². The fourth-order valence-corrected chi connectivity index (χ4v) is 5.75. The van der Waals surface area contributed by atoms with Gasteiger partial charge in [-0.2, -0.15) is 0 Å². The highest BCUT2D eigenvalue weighted by Crippen LogP contribution is 2.44. The van der Waals surface area contributed by atoms with Crippen molar-refractivity contribution in [3.8, 4) is 21.7 Å². The van der Waals surface area contributed by atoms with Gasteiger partial charge in [0.05, 0.1) is 21.2 Å². The Morgan fingerprint density at radius 1 is 1.05 bits per heavy atom. The van der Waals surface area contributed by atoms with Crippen LogP contribution in [0.5, 0.6) is 0 Å². The minimum Gasteiger partial charge on any atom is -0.462 e. The van der Waals surface area contributed by atoms with E-state index in [0.717, 1.165) is 47.5 Å². The van der Waals surface area contributed by atoms with E-state index in [1.807, 2.05) is 78.1 Å². The van der Waals surface area contributed by atoms with Gasteiger partial charge in [-0.3, -0.25) is 9.78 Å². The molecule has 2 heterocycles. The summed E-state index contributed by atoms with van der Waals surface area (Å²) in [5, 5.41) is 1.53. The number of aromatic nitrogens is 2. The van der Waals surface area contributed by atoms with Crippen molar-refractivity contribution in [1.29, 1.82) is 0 Å². The number of carbonyl (C=O) groups excluding carboxylic acids is 1. The molecule has 0 amide bonds. The normalized spacial score (nSPS) is 13.1. The Bertz CT molecular complexity index is 1470. The van der Waals surface area contributed by atoms with E-state index in [0.29, 0.717) is 5.02 Å². The van der Waals surface area contributed by atoms with Crippen molar-refractivity contribution in [3.05, 3.63) is 69.4 Å². The molecule has 0 aliphatic carbocycles.